The molecule has 18 heavy (non-hydrogen) atoms. The van der Waals surface area contributed by atoms with Crippen LogP contribution in [0.2, 0.25) is 0 Å². The molecular formula is C14H26N2O2. The largest absolute Gasteiger partial charge is 0.384 e. The molecule has 2 heterocycles. The number of hydrogen-bond acceptors (Lipinski definition) is 3. The second-order valence-electron chi connectivity index (χ2n) is 5.65. The Bertz CT molecular complexity index is 263. The normalized spacial score (nSPS) is 29.3. The summed E-state index contributed by atoms with van der Waals surface area (Å²) in [5, 5.41) is 3.45. The van der Waals surface area contributed by atoms with Crippen molar-refractivity contribution in [3.05, 3.63) is 0 Å². The molecule has 0 aliphatic carbocycles. The molecule has 0 radical (unpaired) electrons. The Hall–Kier alpha value is -0.610. The van der Waals surface area contributed by atoms with Crippen LogP contribution in [-0.2, 0) is 9.53 Å². The number of nitrogens with one attached hydrogen (secondary N) is 1. The van der Waals surface area contributed by atoms with E-state index >= 15 is 0 Å². The second kappa shape index (κ2) is 7.10. The molecule has 2 aliphatic heterocycles. The number of piperidine rings is 2. The standard InChI is InChI=1S/C14H26N2O2/c1-18-11-12-5-4-8-16(10-12)14(17)9-13-6-2-3-7-15-13/h12-13,15H,2-11H2,1H3. The molecule has 2 saturated heterocycles. The SMILES string of the molecule is COCC1CCCN(C(=O)CC2CCCCN2)C1. The van der Waals surface area contributed by atoms with E-state index in [2.05, 4.69) is 5.32 Å². The Morgan fingerprint density at radius 1 is 1.33 bits per heavy atom. The van der Waals surface area contributed by atoms with E-state index in [0.29, 0.717) is 24.3 Å². The van der Waals surface area contributed by atoms with Gasteiger partial charge in [-0.05, 0) is 38.1 Å². The zero-order valence-corrected chi connectivity index (χ0v) is 11.5. The molecular weight excluding hydrogens is 228 g/mol. The lowest BCUT2D eigenvalue weighted by molar-refractivity contribution is -0.134. The zero-order chi connectivity index (χ0) is 12.8. The van der Waals surface area contributed by atoms with Gasteiger partial charge in [-0.2, -0.15) is 0 Å². The van der Waals surface area contributed by atoms with Gasteiger partial charge in [0.1, 0.15) is 0 Å². The Kier molecular flexibility index (Phi) is 5.45. The minimum Gasteiger partial charge on any atom is -0.384 e. The van der Waals surface area contributed by atoms with Crippen molar-refractivity contribution >= 4 is 5.91 Å². The van der Waals surface area contributed by atoms with Gasteiger partial charge in [-0.15, -0.1) is 0 Å². The van der Waals surface area contributed by atoms with Crippen LogP contribution < -0.4 is 5.32 Å². The second-order valence-corrected chi connectivity index (χ2v) is 5.65. The van der Waals surface area contributed by atoms with Gasteiger partial charge in [0.2, 0.25) is 5.91 Å². The molecule has 2 aliphatic rings. The lowest BCUT2D eigenvalue weighted by Crippen LogP contribution is -2.44. The Morgan fingerprint density at radius 3 is 2.94 bits per heavy atom. The summed E-state index contributed by atoms with van der Waals surface area (Å²) < 4.78 is 5.21. The highest BCUT2D eigenvalue weighted by Gasteiger charge is 2.25. The molecule has 104 valence electrons. The van der Waals surface area contributed by atoms with Crippen LogP contribution in [0, 0.1) is 5.92 Å². The molecule has 1 N–H and O–H groups in total. The van der Waals surface area contributed by atoms with Crippen molar-refractivity contribution in [3.8, 4) is 0 Å². The first-order chi connectivity index (χ1) is 8.79. The lowest BCUT2D eigenvalue weighted by Gasteiger charge is -2.34. The van der Waals surface area contributed by atoms with Gasteiger partial charge in [-0.25, -0.2) is 0 Å². The first-order valence-electron chi connectivity index (χ1n) is 7.29. The molecule has 2 atom stereocenters. The highest BCUT2D eigenvalue weighted by molar-refractivity contribution is 5.77. The van der Waals surface area contributed by atoms with Gasteiger partial charge in [0.15, 0.2) is 0 Å². The van der Waals surface area contributed by atoms with Crippen molar-refractivity contribution in [1.82, 2.24) is 10.2 Å². The van der Waals surface area contributed by atoms with Gasteiger partial charge >= 0.3 is 0 Å². The smallest absolute Gasteiger partial charge is 0.224 e. The minimum atomic E-state index is 0.329. The minimum absolute atomic E-state index is 0.329. The van der Waals surface area contributed by atoms with Crippen molar-refractivity contribution in [3.63, 3.8) is 0 Å². The van der Waals surface area contributed by atoms with E-state index in [1.54, 1.807) is 7.11 Å². The summed E-state index contributed by atoms with van der Waals surface area (Å²) in [6, 6.07) is 0.411. The van der Waals surface area contributed by atoms with Crippen LogP contribution in [0.3, 0.4) is 0 Å². The number of rotatable bonds is 4. The molecule has 0 aromatic rings. The van der Waals surface area contributed by atoms with Crippen LogP contribution >= 0.6 is 0 Å². The number of nitrogens with zero attached hydrogens (tertiary/aromatic N) is 1. The van der Waals surface area contributed by atoms with E-state index in [-0.39, 0.29) is 0 Å². The highest BCUT2D eigenvalue weighted by atomic mass is 16.5. The molecule has 0 aromatic carbocycles. The molecule has 0 aromatic heterocycles. The Balaban J connectivity index is 1.76. The summed E-state index contributed by atoms with van der Waals surface area (Å²) in [6.45, 7) is 3.68. The first kappa shape index (κ1) is 13.8. The van der Waals surface area contributed by atoms with Crippen molar-refractivity contribution in [2.75, 3.05) is 33.4 Å². The summed E-state index contributed by atoms with van der Waals surface area (Å²) >= 11 is 0. The van der Waals surface area contributed by atoms with Crippen LogP contribution in [-0.4, -0.2) is 50.2 Å². The topological polar surface area (TPSA) is 41.6 Å². The maximum absolute atomic E-state index is 12.3. The van der Waals surface area contributed by atoms with Crippen LogP contribution in [0.25, 0.3) is 0 Å². The number of likely N-dealkylation sites (tertiary alicyclic amines) is 1. The van der Waals surface area contributed by atoms with Crippen molar-refractivity contribution < 1.29 is 9.53 Å². The van der Waals surface area contributed by atoms with Crippen LogP contribution in [0.15, 0.2) is 0 Å². The van der Waals surface area contributed by atoms with Crippen molar-refractivity contribution in [1.29, 1.82) is 0 Å². The van der Waals surface area contributed by atoms with E-state index in [1.807, 2.05) is 4.90 Å². The summed E-state index contributed by atoms with van der Waals surface area (Å²) in [7, 11) is 1.74. The maximum Gasteiger partial charge on any atom is 0.224 e. The third-order valence-electron chi connectivity index (χ3n) is 4.11. The number of carbonyl (C=O) groups is 1. The van der Waals surface area contributed by atoms with Gasteiger partial charge in [-0.3, -0.25) is 4.79 Å². The quantitative estimate of drug-likeness (QED) is 0.824. The Morgan fingerprint density at radius 2 is 2.22 bits per heavy atom. The Labute approximate surface area is 110 Å². The number of methoxy groups -OCH3 is 1. The molecule has 2 fully saturated rings. The summed E-state index contributed by atoms with van der Waals surface area (Å²) in [5.41, 5.74) is 0. The third kappa shape index (κ3) is 3.95. The van der Waals surface area contributed by atoms with Crippen LogP contribution in [0.5, 0.6) is 0 Å². The molecule has 1 amide bonds. The highest BCUT2D eigenvalue weighted by Crippen LogP contribution is 2.19. The van der Waals surface area contributed by atoms with E-state index < -0.39 is 0 Å². The van der Waals surface area contributed by atoms with Crippen LogP contribution in [0.4, 0.5) is 0 Å². The molecule has 2 rings (SSSR count). The van der Waals surface area contributed by atoms with Gasteiger partial charge in [-0.1, -0.05) is 6.42 Å². The number of amides is 1. The average Bonchev–Trinajstić information content (AvgIpc) is 2.40. The predicted molar refractivity (Wildman–Crippen MR) is 71.4 cm³/mol. The summed E-state index contributed by atoms with van der Waals surface area (Å²) in [5.74, 6) is 0.863. The molecule has 0 bridgehead atoms. The summed E-state index contributed by atoms with van der Waals surface area (Å²) in [6.07, 6.45) is 6.67. The monoisotopic (exact) mass is 254 g/mol. The van der Waals surface area contributed by atoms with E-state index in [1.165, 1.54) is 19.3 Å². The average molecular weight is 254 g/mol. The molecule has 2 unspecified atom stereocenters. The number of carbonyl (C=O) groups excluding carboxylic acids is 1. The van der Waals surface area contributed by atoms with Gasteiger partial charge in [0.05, 0.1) is 6.61 Å². The number of hydrogen-bond donors (Lipinski definition) is 1. The fourth-order valence-corrected chi connectivity index (χ4v) is 3.10. The van der Waals surface area contributed by atoms with E-state index in [4.69, 9.17) is 4.74 Å². The fourth-order valence-electron chi connectivity index (χ4n) is 3.10. The fraction of sp³-hybridized carbons (Fsp3) is 0.929. The van der Waals surface area contributed by atoms with E-state index in [9.17, 15) is 4.79 Å². The van der Waals surface area contributed by atoms with Gasteiger partial charge in [0.25, 0.3) is 0 Å². The summed E-state index contributed by atoms with van der Waals surface area (Å²) in [4.78, 5) is 14.3. The van der Waals surface area contributed by atoms with Crippen molar-refractivity contribution in [2.45, 2.75) is 44.6 Å². The maximum atomic E-state index is 12.3. The van der Waals surface area contributed by atoms with Gasteiger partial charge < -0.3 is 15.0 Å². The molecule has 0 spiro atoms. The van der Waals surface area contributed by atoms with Gasteiger partial charge in [0, 0.05) is 32.7 Å². The van der Waals surface area contributed by atoms with E-state index in [0.717, 1.165) is 39.1 Å². The molecule has 0 saturated carbocycles. The van der Waals surface area contributed by atoms with Crippen LogP contribution in [0.1, 0.15) is 38.5 Å². The molecule has 4 heteroatoms. The zero-order valence-electron chi connectivity index (χ0n) is 11.5. The first-order valence-corrected chi connectivity index (χ1v) is 7.29. The molecule has 4 nitrogen and oxygen atoms in total. The lowest BCUT2D eigenvalue weighted by atomic mass is 9.97. The van der Waals surface area contributed by atoms with Crippen molar-refractivity contribution in [2.24, 2.45) is 5.92 Å². The number of ether oxygens (including phenoxy) is 1. The predicted octanol–water partition coefficient (Wildman–Crippen LogP) is 1.40. The third-order valence-corrected chi connectivity index (χ3v) is 4.11.